The van der Waals surface area contributed by atoms with Gasteiger partial charge in [0.1, 0.15) is 0 Å². The van der Waals surface area contributed by atoms with E-state index in [0.29, 0.717) is 30.4 Å². The molecule has 0 spiro atoms. The average molecular weight is 423 g/mol. The molecule has 0 atom stereocenters. The zero-order valence-electron chi connectivity index (χ0n) is 14.9. The Morgan fingerprint density at radius 1 is 1.18 bits per heavy atom. The predicted molar refractivity (Wildman–Crippen MR) is 107 cm³/mol. The molecule has 7 nitrogen and oxygen atoms in total. The molecule has 1 amide bonds. The lowest BCUT2D eigenvalue weighted by Crippen LogP contribution is -2.24. The first-order valence-corrected chi connectivity index (χ1v) is 10.4. The molecule has 2 N–H and O–H groups in total. The minimum absolute atomic E-state index is 0.0215. The molecule has 0 radical (unpaired) electrons. The lowest BCUT2D eigenvalue weighted by Gasteiger charge is -2.13. The maximum Gasteiger partial charge on any atom is 0.255 e. The van der Waals surface area contributed by atoms with Gasteiger partial charge in [-0.1, -0.05) is 23.7 Å². The van der Waals surface area contributed by atoms with E-state index >= 15 is 0 Å². The van der Waals surface area contributed by atoms with E-state index in [4.69, 9.17) is 21.1 Å². The lowest BCUT2D eigenvalue weighted by molar-refractivity contribution is 0.102. The molecule has 0 saturated heterocycles. The van der Waals surface area contributed by atoms with Gasteiger partial charge < -0.3 is 14.8 Å². The molecular formula is C19H19ClN2O5S. The number of carbonyl (C=O) groups excluding carboxylic acids is 1. The van der Waals surface area contributed by atoms with Gasteiger partial charge in [0.15, 0.2) is 11.5 Å². The SMILES string of the molecule is C=CCNS(=O)(=O)c1cccc(C(=O)Nc2cc3c(cc2Cl)OCCCO3)c1. The van der Waals surface area contributed by atoms with E-state index in [9.17, 15) is 13.2 Å². The average Bonchev–Trinajstić information content (AvgIpc) is 2.91. The number of halogens is 1. The zero-order valence-corrected chi connectivity index (χ0v) is 16.5. The van der Waals surface area contributed by atoms with E-state index in [2.05, 4.69) is 16.6 Å². The Morgan fingerprint density at radius 2 is 1.89 bits per heavy atom. The highest BCUT2D eigenvalue weighted by molar-refractivity contribution is 7.89. The molecule has 1 heterocycles. The molecule has 9 heteroatoms. The smallest absolute Gasteiger partial charge is 0.255 e. The monoisotopic (exact) mass is 422 g/mol. The van der Waals surface area contributed by atoms with Gasteiger partial charge in [-0.25, -0.2) is 13.1 Å². The van der Waals surface area contributed by atoms with Gasteiger partial charge in [0.05, 0.1) is 28.8 Å². The van der Waals surface area contributed by atoms with Crippen LogP contribution in [0.3, 0.4) is 0 Å². The number of fused-ring (bicyclic) bond motifs is 1. The van der Waals surface area contributed by atoms with Crippen LogP contribution in [0.15, 0.2) is 53.9 Å². The van der Waals surface area contributed by atoms with Crippen molar-refractivity contribution in [3.05, 3.63) is 59.6 Å². The number of rotatable bonds is 6. The summed E-state index contributed by atoms with van der Waals surface area (Å²) in [6.07, 6.45) is 2.18. The van der Waals surface area contributed by atoms with Crippen LogP contribution < -0.4 is 19.5 Å². The van der Waals surface area contributed by atoms with Crippen LogP contribution in [-0.2, 0) is 10.0 Å². The van der Waals surface area contributed by atoms with E-state index in [-0.39, 0.29) is 22.0 Å². The molecule has 0 fully saturated rings. The molecule has 0 unspecified atom stereocenters. The van der Waals surface area contributed by atoms with Crippen LogP contribution in [0.4, 0.5) is 5.69 Å². The largest absolute Gasteiger partial charge is 0.490 e. The van der Waals surface area contributed by atoms with Gasteiger partial charge in [0, 0.05) is 30.7 Å². The van der Waals surface area contributed by atoms with Gasteiger partial charge in [0.25, 0.3) is 5.91 Å². The number of ether oxygens (including phenoxy) is 2. The Balaban J connectivity index is 1.83. The van der Waals surface area contributed by atoms with E-state index in [1.54, 1.807) is 12.1 Å². The number of anilines is 1. The van der Waals surface area contributed by atoms with E-state index in [1.165, 1.54) is 30.3 Å². The summed E-state index contributed by atoms with van der Waals surface area (Å²) in [5.41, 5.74) is 0.513. The van der Waals surface area contributed by atoms with Crippen molar-refractivity contribution in [1.29, 1.82) is 0 Å². The third-order valence-electron chi connectivity index (χ3n) is 3.91. The summed E-state index contributed by atoms with van der Waals surface area (Å²) < 4.78 is 38.0. The molecule has 2 aromatic carbocycles. The molecule has 0 aliphatic carbocycles. The van der Waals surface area contributed by atoms with E-state index in [1.807, 2.05) is 0 Å². The number of nitrogens with one attached hydrogen (secondary N) is 2. The second-order valence-electron chi connectivity index (χ2n) is 5.95. The summed E-state index contributed by atoms with van der Waals surface area (Å²) >= 11 is 6.24. The maximum absolute atomic E-state index is 12.6. The van der Waals surface area contributed by atoms with Gasteiger partial charge in [0.2, 0.25) is 10.0 Å². The van der Waals surface area contributed by atoms with Crippen molar-refractivity contribution in [2.24, 2.45) is 0 Å². The lowest BCUT2D eigenvalue weighted by atomic mass is 10.2. The van der Waals surface area contributed by atoms with Crippen LogP contribution in [0, 0.1) is 0 Å². The molecule has 2 aromatic rings. The molecular weight excluding hydrogens is 404 g/mol. The Labute approximate surface area is 168 Å². The van der Waals surface area contributed by atoms with Crippen LogP contribution in [0.5, 0.6) is 11.5 Å². The highest BCUT2D eigenvalue weighted by atomic mass is 35.5. The summed E-state index contributed by atoms with van der Waals surface area (Å²) in [6, 6.07) is 8.87. The fourth-order valence-corrected chi connectivity index (χ4v) is 3.78. The zero-order chi connectivity index (χ0) is 20.1. The minimum Gasteiger partial charge on any atom is -0.490 e. The van der Waals surface area contributed by atoms with Gasteiger partial charge in [-0.3, -0.25) is 4.79 Å². The number of hydrogen-bond acceptors (Lipinski definition) is 5. The summed E-state index contributed by atoms with van der Waals surface area (Å²) in [4.78, 5) is 12.6. The third-order valence-corrected chi connectivity index (χ3v) is 5.64. The Morgan fingerprint density at radius 3 is 2.61 bits per heavy atom. The summed E-state index contributed by atoms with van der Waals surface area (Å²) in [7, 11) is -3.74. The second-order valence-corrected chi connectivity index (χ2v) is 8.13. The topological polar surface area (TPSA) is 93.7 Å². The van der Waals surface area contributed by atoms with Crippen LogP contribution in [0.1, 0.15) is 16.8 Å². The number of sulfonamides is 1. The molecule has 0 aromatic heterocycles. The minimum atomic E-state index is -3.74. The van der Waals surface area contributed by atoms with Crippen LogP contribution in [-0.4, -0.2) is 34.1 Å². The van der Waals surface area contributed by atoms with E-state index < -0.39 is 15.9 Å². The van der Waals surface area contributed by atoms with Crippen molar-refractivity contribution in [3.63, 3.8) is 0 Å². The van der Waals surface area contributed by atoms with Gasteiger partial charge in [-0.05, 0) is 18.2 Å². The first-order valence-electron chi connectivity index (χ1n) is 8.52. The van der Waals surface area contributed by atoms with Crippen molar-refractivity contribution in [1.82, 2.24) is 4.72 Å². The molecule has 0 bridgehead atoms. The molecule has 1 aliphatic heterocycles. The standard InChI is InChI=1S/C19H19ClN2O5S/c1-2-7-21-28(24,25)14-6-3-5-13(10-14)19(23)22-16-12-18-17(11-15(16)20)26-8-4-9-27-18/h2-3,5-6,10-12,21H,1,4,7-9H2,(H,22,23). The summed E-state index contributed by atoms with van der Waals surface area (Å²) in [6.45, 7) is 4.58. The Hall–Kier alpha value is -2.55. The first kappa shape index (κ1) is 20.2. The second kappa shape index (κ2) is 8.64. The van der Waals surface area contributed by atoms with Gasteiger partial charge in [-0.2, -0.15) is 0 Å². The number of carbonyl (C=O) groups is 1. The van der Waals surface area contributed by atoms with Crippen molar-refractivity contribution < 1.29 is 22.7 Å². The maximum atomic E-state index is 12.6. The quantitative estimate of drug-likeness (QED) is 0.697. The highest BCUT2D eigenvalue weighted by Crippen LogP contribution is 2.37. The predicted octanol–water partition coefficient (Wildman–Crippen LogP) is 3.22. The fraction of sp³-hybridized carbons (Fsp3) is 0.211. The van der Waals surface area contributed by atoms with Crippen molar-refractivity contribution in [3.8, 4) is 11.5 Å². The highest BCUT2D eigenvalue weighted by Gasteiger charge is 2.18. The normalized spacial score (nSPS) is 13.5. The molecule has 1 aliphatic rings. The Bertz CT molecular complexity index is 1010. The van der Waals surface area contributed by atoms with Crippen molar-refractivity contribution in [2.75, 3.05) is 25.1 Å². The molecule has 0 saturated carbocycles. The van der Waals surface area contributed by atoms with Crippen LogP contribution in [0.2, 0.25) is 5.02 Å². The molecule has 148 valence electrons. The summed E-state index contributed by atoms with van der Waals surface area (Å²) in [5.74, 6) is 0.501. The Kier molecular flexibility index (Phi) is 6.23. The number of amides is 1. The first-order chi connectivity index (χ1) is 13.4. The van der Waals surface area contributed by atoms with Crippen LogP contribution >= 0.6 is 11.6 Å². The van der Waals surface area contributed by atoms with Gasteiger partial charge in [-0.15, -0.1) is 6.58 Å². The third kappa shape index (κ3) is 4.64. The van der Waals surface area contributed by atoms with Gasteiger partial charge >= 0.3 is 0 Å². The number of hydrogen-bond donors (Lipinski definition) is 2. The van der Waals surface area contributed by atoms with Crippen molar-refractivity contribution in [2.45, 2.75) is 11.3 Å². The molecule has 3 rings (SSSR count). The van der Waals surface area contributed by atoms with Crippen LogP contribution in [0.25, 0.3) is 0 Å². The fourth-order valence-electron chi connectivity index (χ4n) is 2.53. The summed E-state index contributed by atoms with van der Waals surface area (Å²) in [5, 5.41) is 2.97. The number of benzene rings is 2. The van der Waals surface area contributed by atoms with Crippen molar-refractivity contribution >= 4 is 33.2 Å². The van der Waals surface area contributed by atoms with E-state index in [0.717, 1.165) is 6.42 Å². The molecule has 28 heavy (non-hydrogen) atoms.